The molecule has 0 unspecified atom stereocenters. The van der Waals surface area contributed by atoms with Crippen molar-refractivity contribution in [2.24, 2.45) is 0 Å². The van der Waals surface area contributed by atoms with Crippen LogP contribution in [0.3, 0.4) is 0 Å². The molecule has 1 aromatic heterocycles. The summed E-state index contributed by atoms with van der Waals surface area (Å²) < 4.78 is 4.08. The second kappa shape index (κ2) is 8.70. The van der Waals surface area contributed by atoms with Crippen molar-refractivity contribution < 1.29 is 0 Å². The topological polar surface area (TPSA) is 33.7 Å². The Bertz CT molecular complexity index is 1060. The van der Waals surface area contributed by atoms with Crippen molar-refractivity contribution in [3.63, 3.8) is 0 Å². The molecular formula is C21H17Cl2N3S2. The van der Waals surface area contributed by atoms with Crippen molar-refractivity contribution in [3.05, 3.63) is 88.5 Å². The van der Waals surface area contributed by atoms with Crippen LogP contribution in [0.25, 0.3) is 11.0 Å². The van der Waals surface area contributed by atoms with Crippen LogP contribution in [0.5, 0.6) is 0 Å². The molecular weight excluding hydrogens is 429 g/mol. The fraction of sp³-hybridized carbons (Fsp3) is 0.0952. The van der Waals surface area contributed by atoms with Gasteiger partial charge in [0, 0.05) is 19.8 Å². The summed E-state index contributed by atoms with van der Waals surface area (Å²) >= 11 is 15.3. The Morgan fingerprint density at radius 1 is 0.643 bits per heavy atom. The molecule has 142 valence electrons. The van der Waals surface area contributed by atoms with E-state index in [2.05, 4.69) is 12.1 Å². The highest BCUT2D eigenvalue weighted by atomic mass is 35.5. The molecule has 7 heteroatoms. The number of hydrogen-bond acceptors (Lipinski definition) is 3. The van der Waals surface area contributed by atoms with Gasteiger partial charge >= 0.3 is 0 Å². The van der Waals surface area contributed by atoms with E-state index in [0.717, 1.165) is 30.9 Å². The maximum Gasteiger partial charge on any atom is 0.204 e. The van der Waals surface area contributed by atoms with Gasteiger partial charge in [-0.25, -0.2) is 0 Å². The van der Waals surface area contributed by atoms with E-state index < -0.39 is 0 Å². The van der Waals surface area contributed by atoms with Gasteiger partial charge in [0.1, 0.15) is 0 Å². The monoisotopic (exact) mass is 445 g/mol. The maximum atomic E-state index is 8.73. The van der Waals surface area contributed by atoms with Crippen LogP contribution in [-0.4, -0.2) is 9.13 Å². The van der Waals surface area contributed by atoms with Crippen LogP contribution in [0, 0.1) is 5.41 Å². The molecule has 0 radical (unpaired) electrons. The fourth-order valence-corrected chi connectivity index (χ4v) is 4.88. The molecule has 0 bridgehead atoms. The molecule has 0 saturated carbocycles. The number of hydrogen-bond donors (Lipinski definition) is 1. The predicted molar refractivity (Wildman–Crippen MR) is 120 cm³/mol. The second-order valence-electron chi connectivity index (χ2n) is 6.12. The van der Waals surface area contributed by atoms with Gasteiger partial charge in [-0.1, -0.05) is 35.3 Å². The van der Waals surface area contributed by atoms with E-state index in [4.69, 9.17) is 28.6 Å². The molecule has 0 spiro atoms. The molecule has 1 heterocycles. The molecule has 4 aromatic rings. The second-order valence-corrected chi connectivity index (χ2v) is 9.03. The van der Waals surface area contributed by atoms with Gasteiger partial charge in [0.2, 0.25) is 5.62 Å². The van der Waals surface area contributed by atoms with Crippen molar-refractivity contribution in [2.75, 3.05) is 0 Å². The Hall–Kier alpha value is -1.79. The number of aromatic nitrogens is 2. The Balaban J connectivity index is 1.60. The molecule has 0 fully saturated rings. The van der Waals surface area contributed by atoms with Gasteiger partial charge in [-0.15, -0.1) is 23.5 Å². The van der Waals surface area contributed by atoms with E-state index in [-0.39, 0.29) is 0 Å². The number of nitrogens with one attached hydrogen (secondary N) is 1. The molecule has 3 nitrogen and oxygen atoms in total. The molecule has 0 saturated heterocycles. The largest absolute Gasteiger partial charge is 0.300 e. The SMILES string of the molecule is N=c1n(CSc2ccc(Cl)cc2)c2ccccc2n1CSc1ccc(Cl)cc1. The number of fused-ring (bicyclic) bond motifs is 1. The van der Waals surface area contributed by atoms with Gasteiger partial charge in [-0.2, -0.15) is 0 Å². The number of rotatable bonds is 6. The lowest BCUT2D eigenvalue weighted by Crippen LogP contribution is -2.23. The summed E-state index contributed by atoms with van der Waals surface area (Å²) in [5.41, 5.74) is 2.61. The first-order valence-electron chi connectivity index (χ1n) is 8.61. The lowest BCUT2D eigenvalue weighted by molar-refractivity contribution is 0.726. The number of halogens is 2. The van der Waals surface area contributed by atoms with Crippen molar-refractivity contribution in [2.45, 2.75) is 21.5 Å². The zero-order valence-corrected chi connectivity index (χ0v) is 18.0. The molecule has 1 N–H and O–H groups in total. The highest BCUT2D eigenvalue weighted by molar-refractivity contribution is 7.98. The normalized spacial score (nSPS) is 11.2. The van der Waals surface area contributed by atoms with Crippen molar-refractivity contribution in [1.82, 2.24) is 9.13 Å². The third-order valence-corrected chi connectivity index (χ3v) is 6.81. The third-order valence-electron chi connectivity index (χ3n) is 4.32. The number of nitrogens with zero attached hydrogens (tertiary/aromatic N) is 2. The quantitative estimate of drug-likeness (QED) is 0.333. The minimum Gasteiger partial charge on any atom is -0.300 e. The summed E-state index contributed by atoms with van der Waals surface area (Å²) in [6.07, 6.45) is 0. The fourth-order valence-electron chi connectivity index (χ4n) is 2.90. The van der Waals surface area contributed by atoms with Crippen LogP contribution in [0.1, 0.15) is 0 Å². The van der Waals surface area contributed by atoms with E-state index in [1.165, 1.54) is 0 Å². The summed E-state index contributed by atoms with van der Waals surface area (Å²) in [4.78, 5) is 2.26. The average Bonchev–Trinajstić information content (AvgIpc) is 2.98. The van der Waals surface area contributed by atoms with Gasteiger partial charge in [0.15, 0.2) is 0 Å². The molecule has 0 amide bonds. The number of imidazole rings is 1. The minimum atomic E-state index is 0.490. The number of para-hydroxylation sites is 2. The van der Waals surface area contributed by atoms with Crippen molar-refractivity contribution in [3.8, 4) is 0 Å². The summed E-state index contributed by atoms with van der Waals surface area (Å²) in [6.45, 7) is 0. The first-order valence-corrected chi connectivity index (χ1v) is 11.3. The molecule has 4 rings (SSSR count). The van der Waals surface area contributed by atoms with Crippen molar-refractivity contribution in [1.29, 1.82) is 5.41 Å². The van der Waals surface area contributed by atoms with Crippen LogP contribution >= 0.6 is 46.7 Å². The minimum absolute atomic E-state index is 0.490. The first-order chi connectivity index (χ1) is 13.6. The number of thioether (sulfide) groups is 2. The highest BCUT2D eigenvalue weighted by Crippen LogP contribution is 2.26. The Morgan fingerprint density at radius 3 is 1.43 bits per heavy atom. The summed E-state index contributed by atoms with van der Waals surface area (Å²) in [7, 11) is 0. The van der Waals surface area contributed by atoms with Gasteiger partial charge in [-0.3, -0.25) is 5.41 Å². The molecule has 0 aliphatic rings. The van der Waals surface area contributed by atoms with Crippen LogP contribution in [0.2, 0.25) is 10.0 Å². The average molecular weight is 446 g/mol. The Morgan fingerprint density at radius 2 is 1.04 bits per heavy atom. The van der Waals surface area contributed by atoms with Crippen LogP contribution in [0.15, 0.2) is 82.6 Å². The Labute approximate surface area is 181 Å². The molecule has 0 aliphatic carbocycles. The van der Waals surface area contributed by atoms with Crippen LogP contribution in [0.4, 0.5) is 0 Å². The first kappa shape index (κ1) is 19.5. The molecule has 0 aliphatic heterocycles. The van der Waals surface area contributed by atoms with E-state index in [1.54, 1.807) is 23.5 Å². The zero-order valence-electron chi connectivity index (χ0n) is 14.8. The third kappa shape index (κ3) is 4.28. The number of benzene rings is 3. The zero-order chi connectivity index (χ0) is 19.5. The van der Waals surface area contributed by atoms with Gasteiger partial charge in [0.25, 0.3) is 0 Å². The van der Waals surface area contributed by atoms with Gasteiger partial charge in [0.05, 0.1) is 22.8 Å². The summed E-state index contributed by atoms with van der Waals surface area (Å²) in [6, 6.07) is 23.8. The summed E-state index contributed by atoms with van der Waals surface area (Å²) in [5.74, 6) is 1.33. The standard InChI is InChI=1S/C21H17Cl2N3S2/c22-15-5-9-17(10-6-15)27-13-25-19-3-1-2-4-20(19)26(21(25)24)14-28-18-11-7-16(23)8-12-18/h1-12,24H,13-14H2. The van der Waals surface area contributed by atoms with Crippen LogP contribution in [-0.2, 0) is 11.8 Å². The van der Waals surface area contributed by atoms with E-state index >= 15 is 0 Å². The summed E-state index contributed by atoms with van der Waals surface area (Å²) in [5, 5.41) is 10.2. The molecule has 3 aromatic carbocycles. The molecule has 0 atom stereocenters. The lowest BCUT2D eigenvalue weighted by Gasteiger charge is -2.06. The highest BCUT2D eigenvalue weighted by Gasteiger charge is 2.11. The van der Waals surface area contributed by atoms with E-state index in [0.29, 0.717) is 17.4 Å². The van der Waals surface area contributed by atoms with Gasteiger partial charge in [-0.05, 0) is 60.7 Å². The molecule has 28 heavy (non-hydrogen) atoms. The lowest BCUT2D eigenvalue weighted by atomic mass is 10.3. The smallest absolute Gasteiger partial charge is 0.204 e. The Kier molecular flexibility index (Phi) is 6.07. The maximum absolute atomic E-state index is 8.73. The predicted octanol–water partition coefficient (Wildman–Crippen LogP) is 6.73. The van der Waals surface area contributed by atoms with E-state index in [1.807, 2.05) is 69.8 Å². The van der Waals surface area contributed by atoms with Gasteiger partial charge < -0.3 is 9.13 Å². The van der Waals surface area contributed by atoms with E-state index in [9.17, 15) is 0 Å². The van der Waals surface area contributed by atoms with Crippen LogP contribution < -0.4 is 5.62 Å². The van der Waals surface area contributed by atoms with Crippen molar-refractivity contribution >= 4 is 57.8 Å².